The van der Waals surface area contributed by atoms with Gasteiger partial charge in [0, 0.05) is 18.6 Å². The molecule has 15 heavy (non-hydrogen) atoms. The van der Waals surface area contributed by atoms with Crippen LogP contribution in [0.15, 0.2) is 12.7 Å². The normalized spacial score (nSPS) is 28.1. The van der Waals surface area contributed by atoms with E-state index >= 15 is 0 Å². The Morgan fingerprint density at radius 3 is 2.67 bits per heavy atom. The van der Waals surface area contributed by atoms with Crippen LogP contribution in [-0.2, 0) is 9.53 Å². The van der Waals surface area contributed by atoms with Crippen LogP contribution in [0.2, 0.25) is 0 Å². The van der Waals surface area contributed by atoms with Gasteiger partial charge in [-0.2, -0.15) is 0 Å². The first kappa shape index (κ1) is 10.7. The number of amides is 1. The van der Waals surface area contributed by atoms with Crippen molar-refractivity contribution in [1.29, 1.82) is 0 Å². The predicted molar refractivity (Wildman–Crippen MR) is 58.4 cm³/mol. The van der Waals surface area contributed by atoms with Crippen LogP contribution in [-0.4, -0.2) is 25.2 Å². The first-order valence-electron chi connectivity index (χ1n) is 5.82. The molecule has 0 spiro atoms. The molecule has 0 aromatic carbocycles. The molecular weight excluding hydrogens is 190 g/mol. The van der Waals surface area contributed by atoms with E-state index in [1.165, 1.54) is 25.3 Å². The maximum Gasteiger partial charge on any atom is 0.243 e. The van der Waals surface area contributed by atoms with Gasteiger partial charge in [-0.15, -0.1) is 0 Å². The fraction of sp³-hybridized carbons (Fsp3) is 0.750. The molecule has 1 heterocycles. The summed E-state index contributed by atoms with van der Waals surface area (Å²) in [6, 6.07) is 0.312. The molecule has 2 rings (SSSR count). The number of hydrogen-bond donors (Lipinski definition) is 1. The predicted octanol–water partition coefficient (Wildman–Crippen LogP) is 1.49. The third-order valence-electron chi connectivity index (χ3n) is 3.62. The summed E-state index contributed by atoms with van der Waals surface area (Å²) in [6.45, 7) is 5.15. The van der Waals surface area contributed by atoms with Crippen molar-refractivity contribution in [2.45, 2.75) is 31.7 Å². The second kappa shape index (κ2) is 4.79. The average molecular weight is 209 g/mol. The molecule has 1 amide bonds. The average Bonchev–Trinajstić information content (AvgIpc) is 2.66. The van der Waals surface area contributed by atoms with Crippen LogP contribution in [0.25, 0.3) is 0 Å². The quantitative estimate of drug-likeness (QED) is 0.712. The Balaban J connectivity index is 1.94. The van der Waals surface area contributed by atoms with Gasteiger partial charge in [-0.05, 0) is 31.3 Å². The topological polar surface area (TPSA) is 38.3 Å². The van der Waals surface area contributed by atoms with E-state index in [0.717, 1.165) is 19.6 Å². The summed E-state index contributed by atoms with van der Waals surface area (Å²) >= 11 is 0. The van der Waals surface area contributed by atoms with Crippen LogP contribution in [0, 0.1) is 11.8 Å². The molecule has 3 heteroatoms. The number of rotatable bonds is 4. The second-order valence-electron chi connectivity index (χ2n) is 4.55. The Morgan fingerprint density at radius 2 is 2.20 bits per heavy atom. The van der Waals surface area contributed by atoms with Crippen LogP contribution in [0.3, 0.4) is 0 Å². The lowest BCUT2D eigenvalue weighted by Gasteiger charge is -2.37. The molecule has 0 aromatic rings. The lowest BCUT2D eigenvalue weighted by Crippen LogP contribution is -2.47. The van der Waals surface area contributed by atoms with Crippen molar-refractivity contribution in [2.24, 2.45) is 11.8 Å². The van der Waals surface area contributed by atoms with Crippen molar-refractivity contribution in [2.75, 3.05) is 13.2 Å². The van der Waals surface area contributed by atoms with E-state index in [1.807, 2.05) is 0 Å². The zero-order chi connectivity index (χ0) is 10.7. The largest absolute Gasteiger partial charge is 0.381 e. The highest BCUT2D eigenvalue weighted by Gasteiger charge is 2.35. The molecule has 1 saturated heterocycles. The first-order valence-corrected chi connectivity index (χ1v) is 5.82. The Labute approximate surface area is 90.9 Å². The van der Waals surface area contributed by atoms with E-state index in [9.17, 15) is 4.79 Å². The molecule has 84 valence electrons. The first-order chi connectivity index (χ1) is 7.31. The van der Waals surface area contributed by atoms with E-state index in [4.69, 9.17) is 4.74 Å². The van der Waals surface area contributed by atoms with Crippen molar-refractivity contribution in [1.82, 2.24) is 5.32 Å². The highest BCUT2D eigenvalue weighted by Crippen LogP contribution is 2.35. The summed E-state index contributed by atoms with van der Waals surface area (Å²) in [4.78, 5) is 11.4. The van der Waals surface area contributed by atoms with Gasteiger partial charge >= 0.3 is 0 Å². The number of hydrogen-bond acceptors (Lipinski definition) is 2. The summed E-state index contributed by atoms with van der Waals surface area (Å²) in [5, 5.41) is 3.07. The van der Waals surface area contributed by atoms with Crippen LogP contribution < -0.4 is 5.32 Å². The van der Waals surface area contributed by atoms with Gasteiger partial charge in [-0.1, -0.05) is 13.0 Å². The van der Waals surface area contributed by atoms with Gasteiger partial charge in [0.05, 0.1) is 6.61 Å². The zero-order valence-corrected chi connectivity index (χ0v) is 9.08. The molecule has 2 atom stereocenters. The molecule has 0 bridgehead atoms. The van der Waals surface area contributed by atoms with Crippen molar-refractivity contribution in [3.8, 4) is 0 Å². The van der Waals surface area contributed by atoms with Gasteiger partial charge in [0.2, 0.25) is 5.91 Å². The van der Waals surface area contributed by atoms with E-state index < -0.39 is 0 Å². The number of carbonyl (C=O) groups excluding carboxylic acids is 1. The molecule has 1 aliphatic carbocycles. The summed E-state index contributed by atoms with van der Waals surface area (Å²) in [7, 11) is 0. The smallest absolute Gasteiger partial charge is 0.243 e. The fourth-order valence-electron chi connectivity index (χ4n) is 2.48. The molecule has 2 unspecified atom stereocenters. The molecule has 2 fully saturated rings. The molecule has 3 nitrogen and oxygen atoms in total. The minimum atomic E-state index is -0.0428. The van der Waals surface area contributed by atoms with Gasteiger partial charge in [-0.3, -0.25) is 4.79 Å². The van der Waals surface area contributed by atoms with Gasteiger partial charge in [-0.25, -0.2) is 0 Å². The van der Waals surface area contributed by atoms with E-state index in [-0.39, 0.29) is 5.91 Å². The zero-order valence-electron chi connectivity index (χ0n) is 9.08. The van der Waals surface area contributed by atoms with Gasteiger partial charge < -0.3 is 10.1 Å². The molecule has 1 saturated carbocycles. The van der Waals surface area contributed by atoms with Crippen molar-refractivity contribution < 1.29 is 9.53 Å². The second-order valence-corrected chi connectivity index (χ2v) is 4.55. The number of carbonyl (C=O) groups is 1. The fourth-order valence-corrected chi connectivity index (χ4v) is 2.48. The van der Waals surface area contributed by atoms with Gasteiger partial charge in [0.25, 0.3) is 0 Å². The molecule has 0 radical (unpaired) electrons. The summed E-state index contributed by atoms with van der Waals surface area (Å²) in [6.07, 6.45) is 6.25. The van der Waals surface area contributed by atoms with Gasteiger partial charge in [0.1, 0.15) is 0 Å². The molecule has 2 aliphatic rings. The third kappa shape index (κ3) is 2.40. The van der Waals surface area contributed by atoms with Crippen molar-refractivity contribution in [3.05, 3.63) is 12.7 Å². The SMILES string of the molecule is C=CC(=O)NC(C1CCC1)C1CCOC1. The minimum Gasteiger partial charge on any atom is -0.381 e. The van der Waals surface area contributed by atoms with Crippen molar-refractivity contribution in [3.63, 3.8) is 0 Å². The summed E-state index contributed by atoms with van der Waals surface area (Å²) in [5.41, 5.74) is 0. The monoisotopic (exact) mass is 209 g/mol. The van der Waals surface area contributed by atoms with Crippen LogP contribution in [0.4, 0.5) is 0 Å². The lowest BCUT2D eigenvalue weighted by molar-refractivity contribution is -0.118. The van der Waals surface area contributed by atoms with E-state index in [0.29, 0.717) is 17.9 Å². The van der Waals surface area contributed by atoms with E-state index in [1.54, 1.807) is 0 Å². The van der Waals surface area contributed by atoms with Crippen LogP contribution >= 0.6 is 0 Å². The lowest BCUT2D eigenvalue weighted by atomic mass is 9.74. The standard InChI is InChI=1S/C12H19NO2/c1-2-11(14)13-12(9-4-3-5-9)10-6-7-15-8-10/h2,9-10,12H,1,3-8H2,(H,13,14). The Bertz CT molecular complexity index is 242. The Morgan fingerprint density at radius 1 is 1.40 bits per heavy atom. The molecule has 1 aliphatic heterocycles. The third-order valence-corrected chi connectivity index (χ3v) is 3.62. The summed E-state index contributed by atoms with van der Waals surface area (Å²) < 4.78 is 5.39. The van der Waals surface area contributed by atoms with Crippen LogP contribution in [0.5, 0.6) is 0 Å². The maximum atomic E-state index is 11.4. The minimum absolute atomic E-state index is 0.0428. The molecule has 0 aromatic heterocycles. The van der Waals surface area contributed by atoms with E-state index in [2.05, 4.69) is 11.9 Å². The Hall–Kier alpha value is -0.830. The maximum absolute atomic E-state index is 11.4. The van der Waals surface area contributed by atoms with Crippen molar-refractivity contribution >= 4 is 5.91 Å². The number of ether oxygens (including phenoxy) is 1. The molecule has 1 N–H and O–H groups in total. The highest BCUT2D eigenvalue weighted by molar-refractivity contribution is 5.87. The molecular formula is C12H19NO2. The highest BCUT2D eigenvalue weighted by atomic mass is 16.5. The number of nitrogens with one attached hydrogen (secondary N) is 1. The Kier molecular flexibility index (Phi) is 3.41. The van der Waals surface area contributed by atoms with Crippen LogP contribution in [0.1, 0.15) is 25.7 Å². The van der Waals surface area contributed by atoms with Gasteiger partial charge in [0.15, 0.2) is 0 Å². The summed E-state index contributed by atoms with van der Waals surface area (Å²) in [5.74, 6) is 1.14.